The summed E-state index contributed by atoms with van der Waals surface area (Å²) in [5.74, 6) is 2.39. The van der Waals surface area contributed by atoms with Crippen LogP contribution in [0.5, 0.6) is 17.4 Å². The predicted octanol–water partition coefficient (Wildman–Crippen LogP) is 1.75. The molecule has 0 fully saturated rings. The lowest BCUT2D eigenvalue weighted by Gasteiger charge is -2.10. The quantitative estimate of drug-likeness (QED) is 0.560. The number of aromatic nitrogens is 1. The first-order valence-electron chi connectivity index (χ1n) is 7.90. The number of aliphatic imine (C=N–C) groups is 1. The van der Waals surface area contributed by atoms with E-state index in [0.717, 1.165) is 17.5 Å². The summed E-state index contributed by atoms with van der Waals surface area (Å²) in [4.78, 5) is 8.38. The molecule has 0 saturated heterocycles. The smallest absolute Gasteiger partial charge is 0.213 e. The second-order valence-electron chi connectivity index (χ2n) is 5.27. The molecule has 0 unspecified atom stereocenters. The van der Waals surface area contributed by atoms with Crippen molar-refractivity contribution in [3.05, 3.63) is 47.7 Å². The van der Waals surface area contributed by atoms with Crippen molar-refractivity contribution in [2.45, 2.75) is 13.0 Å². The van der Waals surface area contributed by atoms with Crippen LogP contribution in [0, 0.1) is 0 Å². The van der Waals surface area contributed by atoms with Crippen molar-refractivity contribution in [2.75, 3.05) is 27.9 Å². The molecule has 0 atom stereocenters. The Bertz CT molecular complexity index is 719. The average Bonchev–Trinajstić information content (AvgIpc) is 2.66. The Morgan fingerprint density at radius 2 is 1.84 bits per heavy atom. The number of pyridine rings is 1. The van der Waals surface area contributed by atoms with Gasteiger partial charge in [-0.1, -0.05) is 6.07 Å². The molecule has 0 radical (unpaired) electrons. The summed E-state index contributed by atoms with van der Waals surface area (Å²) in [5.41, 5.74) is 8.01. The molecule has 25 heavy (non-hydrogen) atoms. The standard InChI is InChI=1S/C18H24N4O3/c1-23-15-5-4-13(10-16(15)24-2)6-9-21-18(19)22-12-14-7-8-20-17(11-14)25-3/h4-5,7-8,10-11H,6,9,12H2,1-3H3,(H3,19,21,22). The summed E-state index contributed by atoms with van der Waals surface area (Å²) in [7, 11) is 4.83. The van der Waals surface area contributed by atoms with E-state index in [1.54, 1.807) is 27.5 Å². The van der Waals surface area contributed by atoms with E-state index in [2.05, 4.69) is 15.3 Å². The number of rotatable bonds is 8. The van der Waals surface area contributed by atoms with E-state index in [0.29, 0.717) is 36.4 Å². The zero-order valence-corrected chi connectivity index (χ0v) is 14.8. The largest absolute Gasteiger partial charge is 0.493 e. The average molecular weight is 344 g/mol. The van der Waals surface area contributed by atoms with Gasteiger partial charge in [-0.05, 0) is 35.7 Å². The third-order valence-corrected chi connectivity index (χ3v) is 3.61. The van der Waals surface area contributed by atoms with Crippen molar-refractivity contribution in [3.63, 3.8) is 0 Å². The molecule has 0 saturated carbocycles. The molecule has 7 heteroatoms. The molecule has 1 heterocycles. The van der Waals surface area contributed by atoms with Crippen molar-refractivity contribution >= 4 is 5.96 Å². The lowest BCUT2D eigenvalue weighted by molar-refractivity contribution is 0.354. The van der Waals surface area contributed by atoms with E-state index in [9.17, 15) is 0 Å². The van der Waals surface area contributed by atoms with Crippen LogP contribution >= 0.6 is 0 Å². The fourth-order valence-electron chi connectivity index (χ4n) is 2.26. The van der Waals surface area contributed by atoms with Crippen LogP contribution in [0.25, 0.3) is 0 Å². The minimum absolute atomic E-state index is 0.399. The molecule has 3 N–H and O–H groups in total. The van der Waals surface area contributed by atoms with Gasteiger partial charge in [0.1, 0.15) is 0 Å². The van der Waals surface area contributed by atoms with E-state index in [4.69, 9.17) is 19.9 Å². The number of ether oxygens (including phenoxy) is 3. The second-order valence-corrected chi connectivity index (χ2v) is 5.27. The highest BCUT2D eigenvalue weighted by molar-refractivity contribution is 5.77. The normalized spacial score (nSPS) is 11.1. The molecule has 1 aromatic heterocycles. The summed E-state index contributed by atoms with van der Waals surface area (Å²) in [6.07, 6.45) is 2.48. The summed E-state index contributed by atoms with van der Waals surface area (Å²) in [6.45, 7) is 1.14. The monoisotopic (exact) mass is 344 g/mol. The van der Waals surface area contributed by atoms with Gasteiger partial charge in [-0.3, -0.25) is 0 Å². The van der Waals surface area contributed by atoms with Gasteiger partial charge in [0.05, 0.1) is 27.9 Å². The Balaban J connectivity index is 1.84. The summed E-state index contributed by atoms with van der Waals surface area (Å²) >= 11 is 0. The molecule has 0 bridgehead atoms. The zero-order chi connectivity index (χ0) is 18.1. The first kappa shape index (κ1) is 18.4. The Morgan fingerprint density at radius 1 is 1.04 bits per heavy atom. The molecule has 0 amide bonds. The van der Waals surface area contributed by atoms with E-state index < -0.39 is 0 Å². The Hall–Kier alpha value is -2.96. The predicted molar refractivity (Wildman–Crippen MR) is 97.4 cm³/mol. The maximum atomic E-state index is 5.91. The Labute approximate surface area is 147 Å². The third kappa shape index (κ3) is 5.56. The van der Waals surface area contributed by atoms with Crippen LogP contribution in [0.2, 0.25) is 0 Å². The number of nitrogens with one attached hydrogen (secondary N) is 1. The van der Waals surface area contributed by atoms with Crippen LogP contribution in [0.3, 0.4) is 0 Å². The molecule has 134 valence electrons. The van der Waals surface area contributed by atoms with Crippen LogP contribution in [0.4, 0.5) is 0 Å². The van der Waals surface area contributed by atoms with Gasteiger partial charge in [0.2, 0.25) is 5.88 Å². The van der Waals surface area contributed by atoms with Crippen LogP contribution in [0.15, 0.2) is 41.5 Å². The first-order chi connectivity index (χ1) is 12.2. The minimum atomic E-state index is 0.399. The van der Waals surface area contributed by atoms with Gasteiger partial charge in [0, 0.05) is 18.8 Å². The molecule has 1 aromatic carbocycles. The Kier molecular flexibility index (Phi) is 6.88. The topological polar surface area (TPSA) is 91.0 Å². The minimum Gasteiger partial charge on any atom is -0.493 e. The van der Waals surface area contributed by atoms with E-state index in [1.807, 2.05) is 30.3 Å². The fourth-order valence-corrected chi connectivity index (χ4v) is 2.26. The van der Waals surface area contributed by atoms with E-state index in [-0.39, 0.29) is 0 Å². The maximum Gasteiger partial charge on any atom is 0.213 e. The molecular weight excluding hydrogens is 320 g/mol. The summed E-state index contributed by atoms with van der Waals surface area (Å²) in [5, 5.41) is 3.10. The molecule has 2 rings (SSSR count). The summed E-state index contributed by atoms with van der Waals surface area (Å²) in [6, 6.07) is 9.56. The summed E-state index contributed by atoms with van der Waals surface area (Å²) < 4.78 is 15.6. The zero-order valence-electron chi connectivity index (χ0n) is 14.8. The lowest BCUT2D eigenvalue weighted by Crippen LogP contribution is -2.33. The number of benzene rings is 1. The number of hydrogen-bond donors (Lipinski definition) is 2. The van der Waals surface area contributed by atoms with Gasteiger partial charge in [-0.2, -0.15) is 0 Å². The van der Waals surface area contributed by atoms with Gasteiger partial charge >= 0.3 is 0 Å². The molecule has 2 aromatic rings. The number of nitrogens with zero attached hydrogens (tertiary/aromatic N) is 2. The highest BCUT2D eigenvalue weighted by Crippen LogP contribution is 2.27. The molecule has 0 spiro atoms. The maximum absolute atomic E-state index is 5.91. The van der Waals surface area contributed by atoms with Crippen molar-refractivity contribution in [2.24, 2.45) is 10.7 Å². The van der Waals surface area contributed by atoms with E-state index >= 15 is 0 Å². The van der Waals surface area contributed by atoms with Gasteiger partial charge in [0.25, 0.3) is 0 Å². The van der Waals surface area contributed by atoms with Gasteiger partial charge in [-0.25, -0.2) is 9.98 Å². The fraction of sp³-hybridized carbons (Fsp3) is 0.333. The van der Waals surface area contributed by atoms with E-state index in [1.165, 1.54) is 0 Å². The molecular formula is C18H24N4O3. The van der Waals surface area contributed by atoms with Crippen molar-refractivity contribution < 1.29 is 14.2 Å². The molecule has 0 aliphatic carbocycles. The van der Waals surface area contributed by atoms with Gasteiger partial charge in [-0.15, -0.1) is 0 Å². The van der Waals surface area contributed by atoms with Crippen molar-refractivity contribution in [1.82, 2.24) is 10.3 Å². The van der Waals surface area contributed by atoms with Crippen LogP contribution < -0.4 is 25.3 Å². The van der Waals surface area contributed by atoms with Crippen LogP contribution in [-0.2, 0) is 13.0 Å². The van der Waals surface area contributed by atoms with Gasteiger partial charge in [0.15, 0.2) is 17.5 Å². The highest BCUT2D eigenvalue weighted by atomic mass is 16.5. The lowest BCUT2D eigenvalue weighted by atomic mass is 10.1. The second kappa shape index (κ2) is 9.36. The van der Waals surface area contributed by atoms with Crippen LogP contribution in [0.1, 0.15) is 11.1 Å². The molecule has 0 aliphatic heterocycles. The highest BCUT2D eigenvalue weighted by Gasteiger charge is 2.04. The third-order valence-electron chi connectivity index (χ3n) is 3.61. The van der Waals surface area contributed by atoms with Crippen molar-refractivity contribution in [3.8, 4) is 17.4 Å². The number of guanidine groups is 1. The Morgan fingerprint density at radius 3 is 2.56 bits per heavy atom. The van der Waals surface area contributed by atoms with Gasteiger partial charge < -0.3 is 25.3 Å². The first-order valence-corrected chi connectivity index (χ1v) is 7.90. The number of nitrogens with two attached hydrogens (primary N) is 1. The molecule has 0 aliphatic rings. The molecule has 7 nitrogen and oxygen atoms in total. The number of methoxy groups -OCH3 is 3. The van der Waals surface area contributed by atoms with Crippen molar-refractivity contribution in [1.29, 1.82) is 0 Å². The number of hydrogen-bond acceptors (Lipinski definition) is 5. The SMILES string of the molecule is COc1cc(CN=C(N)NCCc2ccc(OC)c(OC)c2)ccn1. The van der Waals surface area contributed by atoms with Crippen LogP contribution in [-0.4, -0.2) is 38.8 Å².